The Morgan fingerprint density at radius 1 is 1.53 bits per heavy atom. The number of carbonyl (C=O) groups excluding carboxylic acids is 1. The first kappa shape index (κ1) is 13.6. The van der Waals surface area contributed by atoms with Crippen LogP contribution in [0.2, 0.25) is 0 Å². The molecule has 0 radical (unpaired) electrons. The van der Waals surface area contributed by atoms with Gasteiger partial charge >= 0.3 is 0 Å². The molecular weight excluding hydrogens is 238 g/mol. The molecule has 0 fully saturated rings. The lowest BCUT2D eigenvalue weighted by Crippen LogP contribution is -2.21. The summed E-state index contributed by atoms with van der Waals surface area (Å²) in [5.74, 6) is 1.33. The number of nitrogen functional groups attached to an aromatic ring is 1. The number of hydrogen-bond acceptors (Lipinski definition) is 4. The first-order valence-electron chi connectivity index (χ1n) is 5.38. The third kappa shape index (κ3) is 4.95. The number of nitrogens with two attached hydrogens (primary N) is 1. The lowest BCUT2D eigenvalue weighted by molar-refractivity contribution is -0.118. The Balaban J connectivity index is 2.29. The van der Waals surface area contributed by atoms with Gasteiger partial charge in [-0.05, 0) is 18.2 Å². The zero-order chi connectivity index (χ0) is 12.7. The van der Waals surface area contributed by atoms with E-state index in [1.165, 1.54) is 6.07 Å². The highest BCUT2D eigenvalue weighted by atomic mass is 32.2. The number of aryl methyl sites for hydroxylation is 1. The van der Waals surface area contributed by atoms with Gasteiger partial charge in [0.05, 0.1) is 5.75 Å². The van der Waals surface area contributed by atoms with Crippen LogP contribution in [-0.2, 0) is 11.3 Å². The fourth-order valence-corrected chi connectivity index (χ4v) is 2.11. The largest absolute Gasteiger partial charge is 0.398 e. The quantitative estimate of drug-likeness (QED) is 0.717. The van der Waals surface area contributed by atoms with E-state index in [2.05, 4.69) is 5.32 Å². The minimum absolute atomic E-state index is 0.0242. The summed E-state index contributed by atoms with van der Waals surface area (Å²) < 4.78 is 1.59. The van der Waals surface area contributed by atoms with Crippen LogP contribution in [0, 0.1) is 0 Å². The number of thioether (sulfide) groups is 1. The van der Waals surface area contributed by atoms with Gasteiger partial charge in [-0.15, -0.1) is 0 Å². The van der Waals surface area contributed by atoms with Crippen LogP contribution in [0.4, 0.5) is 5.69 Å². The molecular formula is C11H17N3O2S. The second kappa shape index (κ2) is 7.01. The van der Waals surface area contributed by atoms with E-state index in [0.717, 1.165) is 12.2 Å². The lowest BCUT2D eigenvalue weighted by Gasteiger charge is -2.06. The average Bonchev–Trinajstić information content (AvgIpc) is 2.32. The summed E-state index contributed by atoms with van der Waals surface area (Å²) in [4.78, 5) is 22.4. The monoisotopic (exact) mass is 255 g/mol. The maximum Gasteiger partial charge on any atom is 0.250 e. The Morgan fingerprint density at radius 3 is 3.00 bits per heavy atom. The van der Waals surface area contributed by atoms with Crippen molar-refractivity contribution >= 4 is 23.4 Å². The highest BCUT2D eigenvalue weighted by molar-refractivity contribution is 7.99. The van der Waals surface area contributed by atoms with E-state index in [0.29, 0.717) is 18.0 Å². The lowest BCUT2D eigenvalue weighted by atomic mass is 10.4. The number of carbonyl (C=O) groups is 1. The van der Waals surface area contributed by atoms with Gasteiger partial charge < -0.3 is 15.6 Å². The summed E-state index contributed by atoms with van der Waals surface area (Å²) in [6.07, 6.45) is 2.48. The molecule has 1 aromatic rings. The molecule has 0 aliphatic carbocycles. The van der Waals surface area contributed by atoms with Crippen molar-refractivity contribution in [2.45, 2.75) is 13.0 Å². The molecule has 1 aromatic heterocycles. The molecule has 3 N–H and O–H groups in total. The van der Waals surface area contributed by atoms with Crippen molar-refractivity contribution in [3.05, 3.63) is 28.7 Å². The highest BCUT2D eigenvalue weighted by Gasteiger charge is 1.99. The summed E-state index contributed by atoms with van der Waals surface area (Å²) in [5.41, 5.74) is 6.14. The Labute approximate surface area is 104 Å². The van der Waals surface area contributed by atoms with Crippen LogP contribution in [0.15, 0.2) is 23.1 Å². The third-order valence-corrected chi connectivity index (χ3v) is 3.25. The van der Waals surface area contributed by atoms with E-state index in [1.807, 2.05) is 0 Å². The number of pyridine rings is 1. The van der Waals surface area contributed by atoms with Crippen molar-refractivity contribution in [1.29, 1.82) is 0 Å². The molecule has 0 aliphatic heterocycles. The molecule has 0 aliphatic rings. The van der Waals surface area contributed by atoms with Gasteiger partial charge in [0.25, 0.3) is 5.56 Å². The third-order valence-electron chi connectivity index (χ3n) is 2.21. The molecule has 0 saturated carbocycles. The molecule has 1 amide bonds. The fraction of sp³-hybridized carbons (Fsp3) is 0.455. The number of anilines is 1. The number of nitrogens with one attached hydrogen (secondary N) is 1. The molecule has 0 aromatic carbocycles. The first-order chi connectivity index (χ1) is 8.13. The van der Waals surface area contributed by atoms with E-state index < -0.39 is 0 Å². The number of nitrogens with zero attached hydrogens (tertiary/aromatic N) is 1. The highest BCUT2D eigenvalue weighted by Crippen LogP contribution is 2.03. The number of amides is 1. The Hall–Kier alpha value is -1.43. The van der Waals surface area contributed by atoms with Gasteiger partial charge in [-0.1, -0.05) is 0 Å². The predicted molar refractivity (Wildman–Crippen MR) is 71.1 cm³/mol. The molecule has 0 unspecified atom stereocenters. The topological polar surface area (TPSA) is 77.1 Å². The molecule has 0 spiro atoms. The normalized spacial score (nSPS) is 10.2. The van der Waals surface area contributed by atoms with Crippen LogP contribution in [0.1, 0.15) is 6.42 Å². The second-order valence-electron chi connectivity index (χ2n) is 3.57. The maximum atomic E-state index is 11.4. The first-order valence-corrected chi connectivity index (χ1v) is 6.53. The van der Waals surface area contributed by atoms with Gasteiger partial charge in [0.15, 0.2) is 0 Å². The summed E-state index contributed by atoms with van der Waals surface area (Å²) in [6.45, 7) is 0.630. The van der Waals surface area contributed by atoms with E-state index >= 15 is 0 Å². The van der Waals surface area contributed by atoms with E-state index in [1.54, 1.807) is 35.6 Å². The summed E-state index contributed by atoms with van der Waals surface area (Å²) in [7, 11) is 1.62. The van der Waals surface area contributed by atoms with E-state index in [4.69, 9.17) is 5.73 Å². The van der Waals surface area contributed by atoms with Gasteiger partial charge in [0, 0.05) is 31.5 Å². The molecule has 5 nitrogen and oxygen atoms in total. The zero-order valence-electron chi connectivity index (χ0n) is 9.81. The van der Waals surface area contributed by atoms with Crippen LogP contribution in [-0.4, -0.2) is 29.0 Å². The fourth-order valence-electron chi connectivity index (χ4n) is 1.30. The smallest absolute Gasteiger partial charge is 0.250 e. The Bertz CT molecular complexity index is 431. The summed E-state index contributed by atoms with van der Waals surface area (Å²) in [5, 5.41) is 2.56. The molecule has 0 atom stereocenters. The van der Waals surface area contributed by atoms with Crippen LogP contribution in [0.25, 0.3) is 0 Å². The molecule has 94 valence electrons. The van der Waals surface area contributed by atoms with Crippen molar-refractivity contribution in [2.75, 3.05) is 24.3 Å². The minimum atomic E-state index is -0.0458. The maximum absolute atomic E-state index is 11.4. The Kier molecular flexibility index (Phi) is 5.62. The molecule has 17 heavy (non-hydrogen) atoms. The second-order valence-corrected chi connectivity index (χ2v) is 4.68. The summed E-state index contributed by atoms with van der Waals surface area (Å²) in [6, 6.07) is 3.06. The van der Waals surface area contributed by atoms with Crippen molar-refractivity contribution in [3.63, 3.8) is 0 Å². The summed E-state index contributed by atoms with van der Waals surface area (Å²) >= 11 is 1.56. The van der Waals surface area contributed by atoms with Crippen LogP contribution >= 0.6 is 11.8 Å². The van der Waals surface area contributed by atoms with Gasteiger partial charge in [0.1, 0.15) is 0 Å². The predicted octanol–water partition coefficient (Wildman–Crippen LogP) is 0.300. The Morgan fingerprint density at radius 2 is 2.29 bits per heavy atom. The van der Waals surface area contributed by atoms with Gasteiger partial charge in [-0.2, -0.15) is 11.8 Å². The average molecular weight is 255 g/mol. The van der Waals surface area contributed by atoms with Gasteiger partial charge in [-0.25, -0.2) is 0 Å². The van der Waals surface area contributed by atoms with Crippen molar-refractivity contribution in [2.24, 2.45) is 0 Å². The standard InChI is InChI=1S/C11H17N3O2S/c1-13-10(15)8-17-6-2-5-14-7-9(12)3-4-11(14)16/h3-4,7H,2,5-6,8,12H2,1H3,(H,13,15). The molecule has 6 heteroatoms. The minimum Gasteiger partial charge on any atom is -0.398 e. The molecule has 0 bridgehead atoms. The van der Waals surface area contributed by atoms with Crippen molar-refractivity contribution in [1.82, 2.24) is 9.88 Å². The van der Waals surface area contributed by atoms with Gasteiger partial charge in [-0.3, -0.25) is 9.59 Å². The molecule has 1 heterocycles. The van der Waals surface area contributed by atoms with Crippen LogP contribution in [0.3, 0.4) is 0 Å². The van der Waals surface area contributed by atoms with E-state index in [-0.39, 0.29) is 11.5 Å². The molecule has 1 rings (SSSR count). The van der Waals surface area contributed by atoms with Crippen molar-refractivity contribution < 1.29 is 4.79 Å². The van der Waals surface area contributed by atoms with Gasteiger partial charge in [0.2, 0.25) is 5.91 Å². The van der Waals surface area contributed by atoms with E-state index in [9.17, 15) is 9.59 Å². The number of rotatable bonds is 6. The zero-order valence-corrected chi connectivity index (χ0v) is 10.6. The van der Waals surface area contributed by atoms with Crippen LogP contribution in [0.5, 0.6) is 0 Å². The van der Waals surface area contributed by atoms with Crippen molar-refractivity contribution in [3.8, 4) is 0 Å². The van der Waals surface area contributed by atoms with Crippen LogP contribution < -0.4 is 16.6 Å². The SMILES string of the molecule is CNC(=O)CSCCCn1cc(N)ccc1=O. The number of hydrogen-bond donors (Lipinski definition) is 2. The number of aromatic nitrogens is 1. The molecule has 0 saturated heterocycles.